The van der Waals surface area contributed by atoms with E-state index in [0.29, 0.717) is 24.5 Å². The molecular weight excluding hydrogens is 661 g/mol. The van der Waals surface area contributed by atoms with Crippen LogP contribution in [0, 0.1) is 6.92 Å². The third kappa shape index (κ3) is 9.93. The van der Waals surface area contributed by atoms with Gasteiger partial charge in [-0.05, 0) is 120 Å². The Kier molecular flexibility index (Phi) is 11.3. The molecule has 0 bridgehead atoms. The number of phosphoric ester groups is 1. The minimum Gasteiger partial charge on any atom is -0.491 e. The van der Waals surface area contributed by atoms with Crippen molar-refractivity contribution in [2.75, 3.05) is 38.2 Å². The van der Waals surface area contributed by atoms with Crippen molar-refractivity contribution in [3.63, 3.8) is 0 Å². The zero-order valence-electron chi connectivity index (χ0n) is 30.2. The molecule has 0 spiro atoms. The van der Waals surface area contributed by atoms with Gasteiger partial charge >= 0.3 is 7.82 Å². The van der Waals surface area contributed by atoms with Gasteiger partial charge < -0.3 is 15.0 Å². The fourth-order valence-corrected chi connectivity index (χ4v) is 9.35. The van der Waals surface area contributed by atoms with Gasteiger partial charge in [0.25, 0.3) is 0 Å². The summed E-state index contributed by atoms with van der Waals surface area (Å²) in [5.41, 5.74) is 4.51. The molecule has 0 saturated heterocycles. The Hall–Kier alpha value is -2.79. The summed E-state index contributed by atoms with van der Waals surface area (Å²) < 4.78 is 63.2. The first-order chi connectivity index (χ1) is 23.0. The summed E-state index contributed by atoms with van der Waals surface area (Å²) in [4.78, 5) is 7.23. The number of anilines is 2. The van der Waals surface area contributed by atoms with E-state index < -0.39 is 28.9 Å². The quantitative estimate of drug-likeness (QED) is 0.0950. The van der Waals surface area contributed by atoms with Crippen LogP contribution in [-0.4, -0.2) is 67.6 Å². The Bertz CT molecular complexity index is 1780. The van der Waals surface area contributed by atoms with Crippen molar-refractivity contribution in [2.24, 2.45) is 0 Å². The molecule has 2 heterocycles. The van der Waals surface area contributed by atoms with E-state index in [2.05, 4.69) is 28.2 Å². The Morgan fingerprint density at radius 3 is 2.35 bits per heavy atom. The molecule has 10 nitrogen and oxygen atoms in total. The van der Waals surface area contributed by atoms with Gasteiger partial charge in [-0.2, -0.15) is 0 Å². The molecule has 268 valence electrons. The minimum atomic E-state index is -3.77. The molecule has 49 heavy (non-hydrogen) atoms. The van der Waals surface area contributed by atoms with Crippen LogP contribution in [0.4, 0.5) is 11.5 Å². The molecule has 0 radical (unpaired) electrons. The number of hydrogen-bond donors (Lipinski definition) is 1. The van der Waals surface area contributed by atoms with Crippen molar-refractivity contribution in [1.29, 1.82) is 0 Å². The lowest BCUT2D eigenvalue weighted by atomic mass is 9.90. The van der Waals surface area contributed by atoms with Gasteiger partial charge in [0.05, 0.1) is 40.2 Å². The van der Waals surface area contributed by atoms with E-state index in [-0.39, 0.29) is 11.9 Å². The standard InChI is InChI=1S/C37H52N3O7PS/c1-9-40(19-21-45-48(41,46-36(3,4)5)47-37(6,7)8)18-11-20-44-33-17-16-31(27-12-10-13-30(23-27)49(42,43)29-14-15-29)32-24-28-22-26(2)25-38-35(28)39-34(32)33/h10,12-13,16-17,22-23,25,29H,9,11,14-15,18-21,24H2,1-8H3,(H,38,39). The lowest BCUT2D eigenvalue weighted by Crippen LogP contribution is -2.30. The van der Waals surface area contributed by atoms with Crippen molar-refractivity contribution < 1.29 is 31.3 Å². The molecule has 12 heteroatoms. The number of aromatic nitrogens is 1. The number of nitrogens with zero attached hydrogens (tertiary/aromatic N) is 2. The van der Waals surface area contributed by atoms with Crippen LogP contribution in [0.2, 0.25) is 0 Å². The van der Waals surface area contributed by atoms with Gasteiger partial charge in [-0.1, -0.05) is 31.2 Å². The number of nitrogens with one attached hydrogen (secondary N) is 1. The van der Waals surface area contributed by atoms with Crippen LogP contribution in [0.5, 0.6) is 5.75 Å². The molecular formula is C37H52N3O7PS. The lowest BCUT2D eigenvalue weighted by molar-refractivity contribution is 0.00105. The van der Waals surface area contributed by atoms with Crippen LogP contribution in [0.3, 0.4) is 0 Å². The Labute approximate surface area is 292 Å². The molecule has 3 aromatic rings. The number of ether oxygens (including phenoxy) is 1. The van der Waals surface area contributed by atoms with E-state index >= 15 is 0 Å². The number of likely N-dealkylation sites (N-methyl/N-ethyl adjacent to an activating group) is 1. The number of aryl methyl sites for hydroxylation is 1. The second-order valence-corrected chi connectivity index (χ2v) is 18.6. The van der Waals surface area contributed by atoms with Gasteiger partial charge in [-0.25, -0.2) is 18.0 Å². The van der Waals surface area contributed by atoms with Crippen LogP contribution in [0.15, 0.2) is 53.6 Å². The van der Waals surface area contributed by atoms with E-state index in [1.807, 2.05) is 78.9 Å². The summed E-state index contributed by atoms with van der Waals surface area (Å²) in [6.07, 6.45) is 4.70. The third-order valence-corrected chi connectivity index (χ3v) is 12.5. The van der Waals surface area contributed by atoms with Gasteiger partial charge in [0.2, 0.25) is 0 Å². The van der Waals surface area contributed by atoms with Crippen LogP contribution in [0.1, 0.15) is 84.4 Å². The highest BCUT2D eigenvalue weighted by molar-refractivity contribution is 7.92. The maximum atomic E-state index is 13.4. The molecule has 1 aliphatic carbocycles. The van der Waals surface area contributed by atoms with Gasteiger partial charge in [0.1, 0.15) is 11.6 Å². The number of hydrogen-bond acceptors (Lipinski definition) is 10. The number of rotatable bonds is 15. The highest BCUT2D eigenvalue weighted by Crippen LogP contribution is 2.55. The molecule has 2 aromatic carbocycles. The zero-order valence-corrected chi connectivity index (χ0v) is 31.9. The van der Waals surface area contributed by atoms with Gasteiger partial charge in [0.15, 0.2) is 9.84 Å². The van der Waals surface area contributed by atoms with Crippen molar-refractivity contribution >= 4 is 29.2 Å². The van der Waals surface area contributed by atoms with Gasteiger partial charge in [0, 0.05) is 25.7 Å². The molecule has 1 N–H and O–H groups in total. The summed E-state index contributed by atoms with van der Waals surface area (Å²) in [6, 6.07) is 13.4. The predicted molar refractivity (Wildman–Crippen MR) is 195 cm³/mol. The number of sulfone groups is 1. The van der Waals surface area contributed by atoms with Crippen LogP contribution >= 0.6 is 7.82 Å². The van der Waals surface area contributed by atoms with Crippen LogP contribution in [-0.2, 0) is 34.4 Å². The average Bonchev–Trinajstić information content (AvgIpc) is 3.86. The first-order valence-corrected chi connectivity index (χ1v) is 20.2. The number of benzene rings is 2. The highest BCUT2D eigenvalue weighted by Gasteiger charge is 2.38. The molecule has 1 aliphatic heterocycles. The van der Waals surface area contributed by atoms with Crippen molar-refractivity contribution in [3.8, 4) is 16.9 Å². The average molecular weight is 714 g/mol. The van der Waals surface area contributed by atoms with E-state index in [4.69, 9.17) is 18.3 Å². The SMILES string of the molecule is CCN(CCCOc1ccc(-c2cccc(S(=O)(=O)C3CC3)c2)c2c1Nc1ncc(C)cc1C2)CCOP(=O)(OC(C)(C)C)OC(C)(C)C. The first-order valence-electron chi connectivity index (χ1n) is 17.2. The maximum absolute atomic E-state index is 13.4. The summed E-state index contributed by atoms with van der Waals surface area (Å²) in [7, 11) is -7.09. The summed E-state index contributed by atoms with van der Waals surface area (Å²) in [5, 5.41) is 3.26. The minimum absolute atomic E-state index is 0.200. The summed E-state index contributed by atoms with van der Waals surface area (Å²) in [6.45, 7) is 17.8. The second kappa shape index (κ2) is 14.8. The number of fused-ring (bicyclic) bond motifs is 2. The van der Waals surface area contributed by atoms with Crippen molar-refractivity contribution in [2.45, 2.75) is 102 Å². The Morgan fingerprint density at radius 1 is 0.980 bits per heavy atom. The van der Waals surface area contributed by atoms with E-state index in [1.54, 1.807) is 12.1 Å². The molecule has 0 atom stereocenters. The molecule has 0 unspecified atom stereocenters. The van der Waals surface area contributed by atoms with Gasteiger partial charge in [-0.3, -0.25) is 13.6 Å². The molecule has 0 amide bonds. The van der Waals surface area contributed by atoms with Crippen LogP contribution in [0.25, 0.3) is 11.1 Å². The monoisotopic (exact) mass is 713 g/mol. The lowest BCUT2D eigenvalue weighted by Gasteiger charge is -2.31. The molecule has 2 aliphatic rings. The summed E-state index contributed by atoms with van der Waals surface area (Å²) >= 11 is 0. The predicted octanol–water partition coefficient (Wildman–Crippen LogP) is 8.49. The van der Waals surface area contributed by atoms with Crippen molar-refractivity contribution in [3.05, 3.63) is 65.4 Å². The largest absolute Gasteiger partial charge is 0.491 e. The van der Waals surface area contributed by atoms with Crippen LogP contribution < -0.4 is 10.1 Å². The fraction of sp³-hybridized carbons (Fsp3) is 0.541. The van der Waals surface area contributed by atoms with E-state index in [9.17, 15) is 13.0 Å². The number of pyridine rings is 1. The second-order valence-electron chi connectivity index (χ2n) is 14.9. The fourth-order valence-electron chi connectivity index (χ4n) is 5.86. The third-order valence-electron chi connectivity index (χ3n) is 8.18. The first kappa shape index (κ1) is 37.5. The van der Waals surface area contributed by atoms with E-state index in [1.165, 1.54) is 0 Å². The van der Waals surface area contributed by atoms with Crippen molar-refractivity contribution in [1.82, 2.24) is 9.88 Å². The molecule has 1 fully saturated rings. The zero-order chi connectivity index (χ0) is 35.6. The maximum Gasteiger partial charge on any atom is 0.475 e. The van der Waals surface area contributed by atoms with E-state index in [0.717, 1.165) is 77.4 Å². The summed E-state index contributed by atoms with van der Waals surface area (Å²) in [5.74, 6) is 1.52. The Balaban J connectivity index is 1.27. The molecule has 1 aromatic heterocycles. The Morgan fingerprint density at radius 2 is 1.69 bits per heavy atom. The smallest absolute Gasteiger partial charge is 0.475 e. The molecule has 5 rings (SSSR count). The van der Waals surface area contributed by atoms with Gasteiger partial charge in [-0.15, -0.1) is 0 Å². The number of phosphoric acid groups is 1. The topological polar surface area (TPSA) is 116 Å². The normalized spacial score (nSPS) is 15.1. The highest BCUT2D eigenvalue weighted by atomic mass is 32.2. The molecule has 1 saturated carbocycles.